The molecule has 0 amide bonds. The SMILES string of the molecule is COc1ccccc1OCCN(Cc1ccccc1)CC(O)c1ccc(C)c(S(N)(=O)=O)c1. The van der Waals surface area contributed by atoms with Gasteiger partial charge < -0.3 is 14.6 Å². The normalized spacial score (nSPS) is 12.5. The summed E-state index contributed by atoms with van der Waals surface area (Å²) in [6.45, 7) is 3.49. The van der Waals surface area contributed by atoms with E-state index >= 15 is 0 Å². The zero-order chi connectivity index (χ0) is 23.8. The van der Waals surface area contributed by atoms with Gasteiger partial charge in [-0.1, -0.05) is 54.6 Å². The van der Waals surface area contributed by atoms with Crippen LogP contribution in [-0.2, 0) is 16.6 Å². The van der Waals surface area contributed by atoms with Crippen molar-refractivity contribution in [2.75, 3.05) is 26.8 Å². The first kappa shape index (κ1) is 24.7. The van der Waals surface area contributed by atoms with E-state index in [-0.39, 0.29) is 11.4 Å². The van der Waals surface area contributed by atoms with Crippen molar-refractivity contribution in [2.45, 2.75) is 24.5 Å². The van der Waals surface area contributed by atoms with E-state index in [1.54, 1.807) is 26.2 Å². The van der Waals surface area contributed by atoms with E-state index in [2.05, 4.69) is 4.90 Å². The summed E-state index contributed by atoms with van der Waals surface area (Å²) < 4.78 is 35.0. The van der Waals surface area contributed by atoms with Crippen LogP contribution in [0.5, 0.6) is 11.5 Å². The number of rotatable bonds is 11. The number of hydrogen-bond acceptors (Lipinski definition) is 6. The molecule has 0 saturated carbocycles. The molecule has 33 heavy (non-hydrogen) atoms. The maximum absolute atomic E-state index is 11.9. The first-order valence-corrected chi connectivity index (χ1v) is 12.2. The summed E-state index contributed by atoms with van der Waals surface area (Å²) in [7, 11) is -2.28. The number of primary sulfonamides is 1. The number of aliphatic hydroxyl groups is 1. The Kier molecular flexibility index (Phi) is 8.46. The average Bonchev–Trinajstić information content (AvgIpc) is 2.79. The molecule has 0 heterocycles. The Bertz CT molecular complexity index is 1150. The fraction of sp³-hybridized carbons (Fsp3) is 0.280. The number of aliphatic hydroxyl groups excluding tert-OH is 1. The first-order chi connectivity index (χ1) is 15.8. The highest BCUT2D eigenvalue weighted by Gasteiger charge is 2.18. The molecule has 1 atom stereocenters. The van der Waals surface area contributed by atoms with E-state index in [1.165, 1.54) is 6.07 Å². The highest BCUT2D eigenvalue weighted by Crippen LogP contribution is 2.26. The van der Waals surface area contributed by atoms with Crippen molar-refractivity contribution < 1.29 is 23.0 Å². The number of para-hydroxylation sites is 2. The minimum absolute atomic E-state index is 0.0214. The number of sulfonamides is 1. The summed E-state index contributed by atoms with van der Waals surface area (Å²) in [4.78, 5) is 2.08. The molecule has 0 bridgehead atoms. The molecular weight excluding hydrogens is 440 g/mol. The number of hydrogen-bond donors (Lipinski definition) is 2. The van der Waals surface area contributed by atoms with E-state index in [0.29, 0.717) is 42.3 Å². The zero-order valence-electron chi connectivity index (χ0n) is 18.8. The van der Waals surface area contributed by atoms with Gasteiger partial charge in [-0.05, 0) is 41.8 Å². The molecule has 0 fully saturated rings. The lowest BCUT2D eigenvalue weighted by atomic mass is 10.1. The van der Waals surface area contributed by atoms with Gasteiger partial charge in [-0.25, -0.2) is 13.6 Å². The molecule has 176 valence electrons. The van der Waals surface area contributed by atoms with Crippen LogP contribution in [-0.4, -0.2) is 45.2 Å². The second kappa shape index (κ2) is 11.3. The third-order valence-electron chi connectivity index (χ3n) is 5.32. The third-order valence-corrected chi connectivity index (χ3v) is 6.37. The Morgan fingerprint density at radius 1 is 1.00 bits per heavy atom. The molecule has 3 aromatic rings. The van der Waals surface area contributed by atoms with E-state index in [1.807, 2.05) is 54.6 Å². The van der Waals surface area contributed by atoms with Gasteiger partial charge in [0.05, 0.1) is 18.1 Å². The lowest BCUT2D eigenvalue weighted by Gasteiger charge is -2.26. The summed E-state index contributed by atoms with van der Waals surface area (Å²) in [5.74, 6) is 1.30. The Balaban J connectivity index is 1.74. The number of nitrogens with two attached hydrogens (primary N) is 1. The van der Waals surface area contributed by atoms with Crippen molar-refractivity contribution in [3.05, 3.63) is 89.5 Å². The zero-order valence-corrected chi connectivity index (χ0v) is 19.7. The minimum atomic E-state index is -3.87. The van der Waals surface area contributed by atoms with Gasteiger partial charge in [-0.15, -0.1) is 0 Å². The van der Waals surface area contributed by atoms with Crippen LogP contribution in [0.1, 0.15) is 22.8 Å². The largest absolute Gasteiger partial charge is 0.493 e. The first-order valence-electron chi connectivity index (χ1n) is 10.6. The van der Waals surface area contributed by atoms with Crippen LogP contribution >= 0.6 is 0 Å². The van der Waals surface area contributed by atoms with Gasteiger partial charge in [0.2, 0.25) is 10.0 Å². The predicted molar refractivity (Wildman–Crippen MR) is 128 cm³/mol. The number of aryl methyl sites for hydroxylation is 1. The van der Waals surface area contributed by atoms with Crippen molar-refractivity contribution in [1.29, 1.82) is 0 Å². The smallest absolute Gasteiger partial charge is 0.238 e. The van der Waals surface area contributed by atoms with Crippen LogP contribution in [0.2, 0.25) is 0 Å². The van der Waals surface area contributed by atoms with Crippen molar-refractivity contribution in [3.8, 4) is 11.5 Å². The van der Waals surface area contributed by atoms with Gasteiger partial charge in [0.15, 0.2) is 11.5 Å². The maximum Gasteiger partial charge on any atom is 0.238 e. The third kappa shape index (κ3) is 7.03. The molecule has 0 aromatic heterocycles. The van der Waals surface area contributed by atoms with Gasteiger partial charge in [-0.2, -0.15) is 0 Å². The van der Waals surface area contributed by atoms with Crippen LogP contribution in [0.25, 0.3) is 0 Å². The summed E-state index contributed by atoms with van der Waals surface area (Å²) in [5, 5.41) is 16.2. The minimum Gasteiger partial charge on any atom is -0.493 e. The van der Waals surface area contributed by atoms with Gasteiger partial charge in [0.1, 0.15) is 6.61 Å². The molecule has 1 unspecified atom stereocenters. The summed E-state index contributed by atoms with van der Waals surface area (Å²) >= 11 is 0. The van der Waals surface area contributed by atoms with Gasteiger partial charge in [0.25, 0.3) is 0 Å². The molecule has 0 spiro atoms. The van der Waals surface area contributed by atoms with Crippen molar-refractivity contribution in [2.24, 2.45) is 5.14 Å². The highest BCUT2D eigenvalue weighted by atomic mass is 32.2. The molecule has 3 N–H and O–H groups in total. The van der Waals surface area contributed by atoms with Crippen LogP contribution in [0.4, 0.5) is 0 Å². The highest BCUT2D eigenvalue weighted by molar-refractivity contribution is 7.89. The van der Waals surface area contributed by atoms with Crippen LogP contribution in [0, 0.1) is 6.92 Å². The van der Waals surface area contributed by atoms with Crippen molar-refractivity contribution in [3.63, 3.8) is 0 Å². The average molecular weight is 471 g/mol. The van der Waals surface area contributed by atoms with E-state index in [9.17, 15) is 13.5 Å². The van der Waals surface area contributed by atoms with Crippen molar-refractivity contribution >= 4 is 10.0 Å². The van der Waals surface area contributed by atoms with Crippen molar-refractivity contribution in [1.82, 2.24) is 4.90 Å². The molecule has 7 nitrogen and oxygen atoms in total. The number of methoxy groups -OCH3 is 1. The number of ether oxygens (including phenoxy) is 2. The molecule has 3 rings (SSSR count). The van der Waals surface area contributed by atoms with E-state index in [0.717, 1.165) is 5.56 Å². The predicted octanol–water partition coefficient (Wildman–Crippen LogP) is 3.27. The Morgan fingerprint density at radius 2 is 1.67 bits per heavy atom. The van der Waals surface area contributed by atoms with E-state index in [4.69, 9.17) is 14.6 Å². The summed E-state index contributed by atoms with van der Waals surface area (Å²) in [5.41, 5.74) is 2.13. The van der Waals surface area contributed by atoms with Crippen LogP contribution in [0.3, 0.4) is 0 Å². The molecule has 0 saturated heterocycles. The molecular formula is C25H30N2O5S. The van der Waals surface area contributed by atoms with E-state index < -0.39 is 16.1 Å². The quantitative estimate of drug-likeness (QED) is 0.446. The summed E-state index contributed by atoms with van der Waals surface area (Å²) in [6, 6.07) is 22.2. The number of benzene rings is 3. The van der Waals surface area contributed by atoms with Gasteiger partial charge in [0, 0.05) is 19.6 Å². The molecule has 0 aliphatic rings. The van der Waals surface area contributed by atoms with Crippen LogP contribution < -0.4 is 14.6 Å². The topological polar surface area (TPSA) is 102 Å². The molecule has 3 aromatic carbocycles. The monoisotopic (exact) mass is 470 g/mol. The van der Waals surface area contributed by atoms with Crippen LogP contribution in [0.15, 0.2) is 77.7 Å². The second-order valence-corrected chi connectivity index (χ2v) is 9.34. The fourth-order valence-corrected chi connectivity index (χ4v) is 4.40. The van der Waals surface area contributed by atoms with Gasteiger partial charge in [-0.3, -0.25) is 4.90 Å². The maximum atomic E-state index is 11.9. The Hall–Kier alpha value is -2.91. The number of nitrogens with zero attached hydrogens (tertiary/aromatic N) is 1. The Morgan fingerprint density at radius 3 is 2.33 bits per heavy atom. The lowest BCUT2D eigenvalue weighted by Crippen LogP contribution is -2.32. The molecule has 0 aliphatic heterocycles. The molecule has 0 aliphatic carbocycles. The van der Waals surface area contributed by atoms with Gasteiger partial charge >= 0.3 is 0 Å². The standard InChI is InChI=1S/C25H30N2O5S/c1-19-12-13-21(16-25(19)33(26,29)30)22(28)18-27(17-20-8-4-3-5-9-20)14-15-32-24-11-7-6-10-23(24)31-2/h3-13,16,22,28H,14-15,17-18H2,1-2H3,(H2,26,29,30). The summed E-state index contributed by atoms with van der Waals surface area (Å²) in [6.07, 6.45) is -0.902. The fourth-order valence-electron chi connectivity index (χ4n) is 3.58. The molecule has 0 radical (unpaired) electrons. The second-order valence-electron chi connectivity index (χ2n) is 7.81. The molecule has 8 heteroatoms. The lowest BCUT2D eigenvalue weighted by molar-refractivity contribution is 0.0980. The Labute approximate surface area is 195 Å².